The van der Waals surface area contributed by atoms with E-state index < -0.39 is 0 Å². The van der Waals surface area contributed by atoms with Crippen LogP contribution in [-0.4, -0.2) is 31.1 Å². The average Bonchev–Trinajstić information content (AvgIpc) is 2.66. The Bertz CT molecular complexity index is 386. The monoisotopic (exact) mass is 216 g/mol. The summed E-state index contributed by atoms with van der Waals surface area (Å²) in [5.41, 5.74) is 2.90. The largest absolute Gasteiger partial charge is 0.381 e. The summed E-state index contributed by atoms with van der Waals surface area (Å²) in [7, 11) is 4.43. The van der Waals surface area contributed by atoms with Gasteiger partial charge in [-0.05, 0) is 45.0 Å². The van der Waals surface area contributed by atoms with Crippen LogP contribution in [0.1, 0.15) is 30.7 Å². The first-order chi connectivity index (χ1) is 7.77. The summed E-state index contributed by atoms with van der Waals surface area (Å²) in [6.07, 6.45) is 4.01. The highest BCUT2D eigenvalue weighted by Gasteiger charge is 2.40. The summed E-state index contributed by atoms with van der Waals surface area (Å²) in [6.45, 7) is 0. The molecule has 1 aromatic carbocycles. The molecule has 1 fully saturated rings. The highest BCUT2D eigenvalue weighted by atomic mass is 15.1. The molecule has 0 radical (unpaired) electrons. The Labute approximate surface area is 97.6 Å². The van der Waals surface area contributed by atoms with Gasteiger partial charge in [-0.1, -0.05) is 18.2 Å². The van der Waals surface area contributed by atoms with E-state index in [0.29, 0.717) is 18.0 Å². The second-order valence-electron chi connectivity index (χ2n) is 5.33. The molecule has 3 unspecified atom stereocenters. The van der Waals surface area contributed by atoms with Crippen molar-refractivity contribution in [3.8, 4) is 0 Å². The maximum atomic E-state index is 3.69. The van der Waals surface area contributed by atoms with Gasteiger partial charge in [-0.15, -0.1) is 0 Å². The lowest BCUT2D eigenvalue weighted by molar-refractivity contribution is 0.195. The van der Waals surface area contributed by atoms with E-state index in [9.17, 15) is 0 Å². The number of hydrogen-bond donors (Lipinski definition) is 1. The van der Waals surface area contributed by atoms with Gasteiger partial charge in [0.1, 0.15) is 0 Å². The van der Waals surface area contributed by atoms with Crippen LogP contribution in [0.5, 0.6) is 0 Å². The summed E-state index contributed by atoms with van der Waals surface area (Å²) in [5, 5.41) is 3.69. The van der Waals surface area contributed by atoms with Gasteiger partial charge in [0.15, 0.2) is 0 Å². The van der Waals surface area contributed by atoms with Crippen molar-refractivity contribution in [2.75, 3.05) is 19.4 Å². The minimum Gasteiger partial charge on any atom is -0.381 e. The van der Waals surface area contributed by atoms with Crippen molar-refractivity contribution in [1.82, 2.24) is 4.90 Å². The smallest absolute Gasteiger partial charge is 0.0379 e. The van der Waals surface area contributed by atoms with Gasteiger partial charge in [0.25, 0.3) is 0 Å². The van der Waals surface area contributed by atoms with Crippen molar-refractivity contribution in [1.29, 1.82) is 0 Å². The zero-order valence-electron chi connectivity index (χ0n) is 10.1. The summed E-state index contributed by atoms with van der Waals surface area (Å²) in [6, 6.07) is 10.2. The summed E-state index contributed by atoms with van der Waals surface area (Å²) in [5.74, 6) is 0.694. The fourth-order valence-corrected chi connectivity index (χ4v) is 3.46. The Hall–Kier alpha value is -1.02. The Morgan fingerprint density at radius 2 is 2.00 bits per heavy atom. The molecule has 2 nitrogen and oxygen atoms in total. The van der Waals surface area contributed by atoms with Crippen LogP contribution in [0.25, 0.3) is 0 Å². The fourth-order valence-electron chi connectivity index (χ4n) is 3.46. The summed E-state index contributed by atoms with van der Waals surface area (Å²) < 4.78 is 0. The van der Waals surface area contributed by atoms with E-state index in [0.717, 1.165) is 0 Å². The number of rotatable bonds is 1. The SMILES string of the molecule is CN(C)C1CCCC2Nc3ccccc3C21. The van der Waals surface area contributed by atoms with Crippen molar-refractivity contribution < 1.29 is 0 Å². The van der Waals surface area contributed by atoms with Gasteiger partial charge in [-0.2, -0.15) is 0 Å². The zero-order chi connectivity index (χ0) is 11.1. The molecule has 1 heterocycles. The third-order valence-corrected chi connectivity index (χ3v) is 4.19. The number of hydrogen-bond acceptors (Lipinski definition) is 2. The van der Waals surface area contributed by atoms with Crippen LogP contribution in [0.15, 0.2) is 24.3 Å². The van der Waals surface area contributed by atoms with Crippen molar-refractivity contribution in [2.45, 2.75) is 37.3 Å². The molecule has 0 amide bonds. The lowest BCUT2D eigenvalue weighted by Crippen LogP contribution is -2.42. The molecule has 1 N–H and O–H groups in total. The van der Waals surface area contributed by atoms with E-state index in [1.165, 1.54) is 30.5 Å². The molecule has 2 aliphatic rings. The molecule has 1 saturated carbocycles. The maximum Gasteiger partial charge on any atom is 0.0379 e. The second-order valence-corrected chi connectivity index (χ2v) is 5.33. The Balaban J connectivity index is 1.99. The average molecular weight is 216 g/mol. The first-order valence-corrected chi connectivity index (χ1v) is 6.29. The topological polar surface area (TPSA) is 15.3 Å². The number of nitrogens with one attached hydrogen (secondary N) is 1. The Morgan fingerprint density at radius 3 is 2.81 bits per heavy atom. The minimum absolute atomic E-state index is 0.665. The molecular weight excluding hydrogens is 196 g/mol. The molecule has 3 atom stereocenters. The zero-order valence-corrected chi connectivity index (χ0v) is 10.1. The number of para-hydroxylation sites is 1. The van der Waals surface area contributed by atoms with Crippen LogP contribution in [-0.2, 0) is 0 Å². The van der Waals surface area contributed by atoms with Crippen molar-refractivity contribution >= 4 is 5.69 Å². The lowest BCUT2D eigenvalue weighted by atomic mass is 9.78. The molecule has 0 bridgehead atoms. The second kappa shape index (κ2) is 3.77. The van der Waals surface area contributed by atoms with Gasteiger partial charge >= 0.3 is 0 Å². The van der Waals surface area contributed by atoms with E-state index in [1.54, 1.807) is 0 Å². The van der Waals surface area contributed by atoms with Gasteiger partial charge < -0.3 is 10.2 Å². The highest BCUT2D eigenvalue weighted by Crippen LogP contribution is 2.44. The standard InChI is InChI=1S/C14H20N2/c1-16(2)13-9-5-8-12-14(13)10-6-3-4-7-11(10)15-12/h3-4,6-7,12-15H,5,8-9H2,1-2H3. The highest BCUT2D eigenvalue weighted by molar-refractivity contribution is 5.60. The van der Waals surface area contributed by atoms with Crippen molar-refractivity contribution in [3.05, 3.63) is 29.8 Å². The molecular formula is C14H20N2. The van der Waals surface area contributed by atoms with Gasteiger partial charge in [0.05, 0.1) is 0 Å². The molecule has 0 saturated heterocycles. The number of anilines is 1. The predicted octanol–water partition coefficient (Wildman–Crippen LogP) is 2.68. The van der Waals surface area contributed by atoms with Crippen LogP contribution in [0.3, 0.4) is 0 Å². The van der Waals surface area contributed by atoms with Crippen LogP contribution in [0, 0.1) is 0 Å². The predicted molar refractivity (Wildman–Crippen MR) is 67.9 cm³/mol. The molecule has 2 heteroatoms. The molecule has 16 heavy (non-hydrogen) atoms. The lowest BCUT2D eigenvalue weighted by Gasteiger charge is -2.38. The molecule has 0 aromatic heterocycles. The number of nitrogens with zero attached hydrogens (tertiary/aromatic N) is 1. The van der Waals surface area contributed by atoms with Crippen LogP contribution >= 0.6 is 0 Å². The van der Waals surface area contributed by atoms with Crippen molar-refractivity contribution in [2.24, 2.45) is 0 Å². The van der Waals surface area contributed by atoms with Crippen molar-refractivity contribution in [3.63, 3.8) is 0 Å². The van der Waals surface area contributed by atoms with E-state index in [2.05, 4.69) is 48.6 Å². The van der Waals surface area contributed by atoms with Crippen LogP contribution < -0.4 is 5.32 Å². The number of fused-ring (bicyclic) bond motifs is 3. The van der Waals surface area contributed by atoms with E-state index in [1.807, 2.05) is 0 Å². The summed E-state index contributed by atoms with van der Waals surface area (Å²) >= 11 is 0. The van der Waals surface area contributed by atoms with E-state index in [4.69, 9.17) is 0 Å². The van der Waals surface area contributed by atoms with Gasteiger partial charge in [-0.25, -0.2) is 0 Å². The van der Waals surface area contributed by atoms with E-state index >= 15 is 0 Å². The Kier molecular flexibility index (Phi) is 2.40. The number of likely N-dealkylation sites (N-methyl/N-ethyl adjacent to an activating group) is 1. The first-order valence-electron chi connectivity index (χ1n) is 6.29. The molecule has 1 aromatic rings. The van der Waals surface area contributed by atoms with Gasteiger partial charge in [0.2, 0.25) is 0 Å². The quantitative estimate of drug-likeness (QED) is 0.776. The molecule has 0 spiro atoms. The normalized spacial score (nSPS) is 32.1. The third kappa shape index (κ3) is 1.44. The maximum absolute atomic E-state index is 3.69. The van der Waals surface area contributed by atoms with Crippen LogP contribution in [0.4, 0.5) is 5.69 Å². The minimum atomic E-state index is 0.665. The molecule has 86 valence electrons. The van der Waals surface area contributed by atoms with Crippen LogP contribution in [0.2, 0.25) is 0 Å². The first kappa shape index (κ1) is 10.2. The number of benzene rings is 1. The fraction of sp³-hybridized carbons (Fsp3) is 0.571. The third-order valence-electron chi connectivity index (χ3n) is 4.19. The molecule has 1 aliphatic heterocycles. The summed E-state index contributed by atoms with van der Waals surface area (Å²) in [4.78, 5) is 2.40. The Morgan fingerprint density at radius 1 is 1.19 bits per heavy atom. The van der Waals surface area contributed by atoms with Gasteiger partial charge in [0, 0.05) is 23.7 Å². The molecule has 3 rings (SSSR count). The van der Waals surface area contributed by atoms with Gasteiger partial charge in [-0.3, -0.25) is 0 Å². The van der Waals surface area contributed by atoms with E-state index in [-0.39, 0.29) is 0 Å². The molecule has 1 aliphatic carbocycles.